The van der Waals surface area contributed by atoms with E-state index in [2.05, 4.69) is 41.0 Å². The number of hydrogen-bond donors (Lipinski definition) is 3. The quantitative estimate of drug-likeness (QED) is 0.463. The Labute approximate surface area is 143 Å². The lowest BCUT2D eigenvalue weighted by atomic mass is 10.3. The highest BCUT2D eigenvalue weighted by Crippen LogP contribution is 2.12. The van der Waals surface area contributed by atoms with Crippen molar-refractivity contribution in [2.45, 2.75) is 0 Å². The van der Waals surface area contributed by atoms with Crippen molar-refractivity contribution in [1.82, 2.24) is 19.9 Å². The summed E-state index contributed by atoms with van der Waals surface area (Å²) in [5.41, 5.74) is 13.1. The number of nitrogens with two attached hydrogens (primary N) is 1. The molecule has 3 aromatic heterocycles. The Morgan fingerprint density at radius 1 is 0.760 bits per heavy atom. The van der Waals surface area contributed by atoms with Gasteiger partial charge in [0.15, 0.2) is 11.6 Å². The lowest BCUT2D eigenvalue weighted by Crippen LogP contribution is -2.03. The third-order valence-electron chi connectivity index (χ3n) is 2.94. The summed E-state index contributed by atoms with van der Waals surface area (Å²) in [7, 11) is 0. The van der Waals surface area contributed by atoms with Crippen LogP contribution in [0.3, 0.4) is 0 Å². The molecule has 3 rings (SSSR count). The molecular formula is C16H15N9. The second kappa shape index (κ2) is 8.11. The smallest absolute Gasteiger partial charge is 0.224 e. The molecule has 0 unspecified atom stereocenters. The Hall–Kier alpha value is -3.88. The lowest BCUT2D eigenvalue weighted by Gasteiger charge is -2.04. The van der Waals surface area contributed by atoms with Gasteiger partial charge in [0.25, 0.3) is 0 Å². The summed E-state index contributed by atoms with van der Waals surface area (Å²) < 4.78 is 0. The average Bonchev–Trinajstić information content (AvgIpc) is 2.63. The van der Waals surface area contributed by atoms with E-state index < -0.39 is 0 Å². The van der Waals surface area contributed by atoms with Gasteiger partial charge in [-0.15, -0.1) is 0 Å². The molecule has 9 heteroatoms. The van der Waals surface area contributed by atoms with Gasteiger partial charge in [-0.2, -0.15) is 20.2 Å². The number of aromatic nitrogens is 4. The first kappa shape index (κ1) is 16.0. The fourth-order valence-electron chi connectivity index (χ4n) is 1.83. The van der Waals surface area contributed by atoms with Crippen molar-refractivity contribution in [3.63, 3.8) is 0 Å². The van der Waals surface area contributed by atoms with E-state index in [4.69, 9.17) is 5.73 Å². The van der Waals surface area contributed by atoms with E-state index in [1.165, 1.54) is 0 Å². The average molecular weight is 333 g/mol. The molecule has 3 aromatic rings. The standard InChI is InChI=1S/C16H15N9/c17-16-22-14(24-20-10-12-1-5-18-6-2-12)9-15(23-16)25-21-11-13-3-7-19-8-4-13/h1-11H,(H4,17,22,23,24,25)/b20-10+,21-11+. The second-order valence-electron chi connectivity index (χ2n) is 4.80. The van der Waals surface area contributed by atoms with Gasteiger partial charge in [-0.3, -0.25) is 20.8 Å². The minimum Gasteiger partial charge on any atom is -0.368 e. The Morgan fingerprint density at radius 2 is 1.20 bits per heavy atom. The van der Waals surface area contributed by atoms with Gasteiger partial charge in [0, 0.05) is 30.9 Å². The zero-order valence-electron chi connectivity index (χ0n) is 13.1. The SMILES string of the molecule is Nc1nc(N/N=C/c2ccncc2)cc(N/N=C/c2ccncc2)n1. The van der Waals surface area contributed by atoms with E-state index in [9.17, 15) is 0 Å². The van der Waals surface area contributed by atoms with Gasteiger partial charge in [-0.1, -0.05) is 0 Å². The van der Waals surface area contributed by atoms with Crippen molar-refractivity contribution >= 4 is 30.0 Å². The first-order chi connectivity index (χ1) is 12.3. The van der Waals surface area contributed by atoms with Crippen LogP contribution in [0.5, 0.6) is 0 Å². The van der Waals surface area contributed by atoms with Crippen LogP contribution in [0.1, 0.15) is 11.1 Å². The number of nitrogen functional groups attached to an aromatic ring is 1. The van der Waals surface area contributed by atoms with Gasteiger partial charge in [-0.05, 0) is 35.4 Å². The first-order valence-corrected chi connectivity index (χ1v) is 7.32. The van der Waals surface area contributed by atoms with Crippen LogP contribution in [0.15, 0.2) is 65.3 Å². The molecule has 25 heavy (non-hydrogen) atoms. The molecule has 9 nitrogen and oxygen atoms in total. The van der Waals surface area contributed by atoms with Crippen molar-refractivity contribution in [2.24, 2.45) is 10.2 Å². The monoisotopic (exact) mass is 333 g/mol. The fourth-order valence-corrected chi connectivity index (χ4v) is 1.83. The predicted molar refractivity (Wildman–Crippen MR) is 97.4 cm³/mol. The molecule has 0 atom stereocenters. The molecule has 0 bridgehead atoms. The molecule has 3 heterocycles. The van der Waals surface area contributed by atoms with Crippen molar-refractivity contribution < 1.29 is 0 Å². The number of nitrogens with zero attached hydrogens (tertiary/aromatic N) is 6. The summed E-state index contributed by atoms with van der Waals surface area (Å²) in [6, 6.07) is 8.98. The Balaban J connectivity index is 1.64. The molecule has 0 fully saturated rings. The van der Waals surface area contributed by atoms with Gasteiger partial charge >= 0.3 is 0 Å². The molecule has 0 spiro atoms. The Kier molecular flexibility index (Phi) is 5.19. The summed E-state index contributed by atoms with van der Waals surface area (Å²) in [6.07, 6.45) is 10.0. The largest absolute Gasteiger partial charge is 0.368 e. The maximum atomic E-state index is 5.70. The highest BCUT2D eigenvalue weighted by atomic mass is 15.3. The minimum atomic E-state index is 0.103. The van der Waals surface area contributed by atoms with Crippen LogP contribution in [-0.2, 0) is 0 Å². The summed E-state index contributed by atoms with van der Waals surface area (Å²) >= 11 is 0. The van der Waals surface area contributed by atoms with Gasteiger partial charge in [0.05, 0.1) is 12.4 Å². The molecule has 4 N–H and O–H groups in total. The van der Waals surface area contributed by atoms with Crippen molar-refractivity contribution in [1.29, 1.82) is 0 Å². The van der Waals surface area contributed by atoms with E-state index >= 15 is 0 Å². The maximum absolute atomic E-state index is 5.70. The first-order valence-electron chi connectivity index (χ1n) is 7.32. The zero-order chi connectivity index (χ0) is 17.3. The second-order valence-corrected chi connectivity index (χ2v) is 4.80. The van der Waals surface area contributed by atoms with Gasteiger partial charge < -0.3 is 5.73 Å². The number of hydrazone groups is 2. The van der Waals surface area contributed by atoms with E-state index in [0.29, 0.717) is 11.6 Å². The van der Waals surface area contributed by atoms with Crippen LogP contribution in [0.2, 0.25) is 0 Å². The molecule has 0 saturated carbocycles. The van der Waals surface area contributed by atoms with Crippen LogP contribution >= 0.6 is 0 Å². The van der Waals surface area contributed by atoms with E-state index in [0.717, 1.165) is 11.1 Å². The molecule has 0 radical (unpaired) electrons. The molecule has 0 aliphatic heterocycles. The summed E-state index contributed by atoms with van der Waals surface area (Å²) in [5.74, 6) is 0.990. The highest BCUT2D eigenvalue weighted by molar-refractivity contribution is 5.80. The molecule has 0 aliphatic rings. The fraction of sp³-hybridized carbons (Fsp3) is 0. The number of anilines is 3. The van der Waals surface area contributed by atoms with Crippen LogP contribution < -0.4 is 16.6 Å². The van der Waals surface area contributed by atoms with E-state index in [1.54, 1.807) is 43.3 Å². The highest BCUT2D eigenvalue weighted by Gasteiger charge is 2.00. The molecule has 0 amide bonds. The minimum absolute atomic E-state index is 0.103. The number of pyridine rings is 2. The van der Waals surface area contributed by atoms with Crippen LogP contribution in [0.4, 0.5) is 17.6 Å². The van der Waals surface area contributed by atoms with Gasteiger partial charge in [0.1, 0.15) is 0 Å². The van der Waals surface area contributed by atoms with Gasteiger partial charge in [-0.25, -0.2) is 0 Å². The van der Waals surface area contributed by atoms with E-state index in [-0.39, 0.29) is 5.95 Å². The molecule has 0 saturated heterocycles. The topological polar surface area (TPSA) is 126 Å². The molecule has 0 aromatic carbocycles. The van der Waals surface area contributed by atoms with Crippen molar-refractivity contribution in [2.75, 3.05) is 16.6 Å². The zero-order valence-corrected chi connectivity index (χ0v) is 13.1. The molecule has 0 aliphatic carbocycles. The third kappa shape index (κ3) is 5.06. The normalized spacial score (nSPS) is 11.0. The third-order valence-corrected chi connectivity index (χ3v) is 2.94. The molecular weight excluding hydrogens is 318 g/mol. The molecule has 124 valence electrons. The number of nitrogens with one attached hydrogen (secondary N) is 2. The van der Waals surface area contributed by atoms with E-state index in [1.807, 2.05) is 24.3 Å². The number of hydrogen-bond acceptors (Lipinski definition) is 9. The summed E-state index contributed by atoms with van der Waals surface area (Å²) in [5, 5.41) is 8.20. The predicted octanol–water partition coefficient (Wildman–Crippen LogP) is 1.74. The van der Waals surface area contributed by atoms with Crippen molar-refractivity contribution in [3.8, 4) is 0 Å². The summed E-state index contributed by atoms with van der Waals surface area (Å²) in [4.78, 5) is 16.0. The van der Waals surface area contributed by atoms with Crippen LogP contribution in [0.25, 0.3) is 0 Å². The lowest BCUT2D eigenvalue weighted by molar-refractivity contribution is 1.13. The Bertz CT molecular complexity index is 794. The summed E-state index contributed by atoms with van der Waals surface area (Å²) in [6.45, 7) is 0. The number of rotatable bonds is 6. The van der Waals surface area contributed by atoms with Crippen LogP contribution in [0, 0.1) is 0 Å². The van der Waals surface area contributed by atoms with Crippen LogP contribution in [-0.4, -0.2) is 32.4 Å². The van der Waals surface area contributed by atoms with Crippen molar-refractivity contribution in [3.05, 3.63) is 66.2 Å². The van der Waals surface area contributed by atoms with Gasteiger partial charge in [0.2, 0.25) is 5.95 Å². The maximum Gasteiger partial charge on any atom is 0.224 e. The Morgan fingerprint density at radius 3 is 1.64 bits per heavy atom.